The van der Waals surface area contributed by atoms with Crippen molar-refractivity contribution in [3.05, 3.63) is 33.8 Å². The minimum Gasteiger partial charge on any atom is -0.481 e. The van der Waals surface area contributed by atoms with Gasteiger partial charge in [0.25, 0.3) is 0 Å². The predicted molar refractivity (Wildman–Crippen MR) is 75.1 cm³/mol. The van der Waals surface area contributed by atoms with E-state index in [9.17, 15) is 9.59 Å². The molecule has 6 heteroatoms. The van der Waals surface area contributed by atoms with Crippen molar-refractivity contribution in [2.24, 2.45) is 5.92 Å². The van der Waals surface area contributed by atoms with Gasteiger partial charge in [-0.3, -0.25) is 9.59 Å². The molecule has 4 nitrogen and oxygen atoms in total. The summed E-state index contributed by atoms with van der Waals surface area (Å²) in [4.78, 5) is 23.6. The van der Waals surface area contributed by atoms with E-state index in [1.165, 1.54) is 25.1 Å². The Morgan fingerprint density at radius 2 is 1.89 bits per heavy atom. The van der Waals surface area contributed by atoms with Gasteiger partial charge < -0.3 is 10.4 Å². The number of nitrogens with one attached hydrogen (secondary N) is 1. The molecule has 0 aromatic heterocycles. The summed E-state index contributed by atoms with van der Waals surface area (Å²) >= 11 is 11.7. The molecule has 0 saturated heterocycles. The first-order valence-electron chi connectivity index (χ1n) is 5.65. The summed E-state index contributed by atoms with van der Waals surface area (Å²) in [6.45, 7) is 3.03. The lowest BCUT2D eigenvalue weighted by molar-refractivity contribution is -0.143. The van der Waals surface area contributed by atoms with Crippen molar-refractivity contribution in [2.75, 3.05) is 7.05 Å². The SMILES string of the molecule is CNC(C)(C(=O)c1ccc(Cl)c(Cl)c1)C(C)C(=O)O. The maximum Gasteiger partial charge on any atom is 0.308 e. The molecule has 1 rings (SSSR count). The number of benzene rings is 1. The van der Waals surface area contributed by atoms with E-state index < -0.39 is 17.4 Å². The van der Waals surface area contributed by atoms with E-state index in [1.54, 1.807) is 14.0 Å². The van der Waals surface area contributed by atoms with E-state index in [-0.39, 0.29) is 10.8 Å². The zero-order valence-corrected chi connectivity index (χ0v) is 12.3. The van der Waals surface area contributed by atoms with Crippen molar-refractivity contribution in [1.29, 1.82) is 0 Å². The van der Waals surface area contributed by atoms with E-state index in [1.807, 2.05) is 0 Å². The molecule has 0 bridgehead atoms. The van der Waals surface area contributed by atoms with Gasteiger partial charge in [-0.15, -0.1) is 0 Å². The van der Waals surface area contributed by atoms with Gasteiger partial charge in [0, 0.05) is 5.56 Å². The smallest absolute Gasteiger partial charge is 0.308 e. The fourth-order valence-corrected chi connectivity index (χ4v) is 2.01. The van der Waals surface area contributed by atoms with Crippen LogP contribution in [-0.4, -0.2) is 29.4 Å². The average molecular weight is 304 g/mol. The number of hydrogen-bond acceptors (Lipinski definition) is 3. The molecule has 2 unspecified atom stereocenters. The van der Waals surface area contributed by atoms with Crippen LogP contribution in [0.3, 0.4) is 0 Å². The van der Waals surface area contributed by atoms with E-state index >= 15 is 0 Å². The number of rotatable bonds is 5. The number of carboxylic acids is 1. The number of carboxylic acid groups (broad SMARTS) is 1. The van der Waals surface area contributed by atoms with Gasteiger partial charge in [0.15, 0.2) is 5.78 Å². The lowest BCUT2D eigenvalue weighted by Crippen LogP contribution is -2.55. The summed E-state index contributed by atoms with van der Waals surface area (Å²) < 4.78 is 0. The maximum absolute atomic E-state index is 12.5. The summed E-state index contributed by atoms with van der Waals surface area (Å²) in [5, 5.41) is 12.5. The van der Waals surface area contributed by atoms with Gasteiger partial charge in [0.05, 0.1) is 21.5 Å². The Bertz CT molecular complexity index is 519. The number of carbonyl (C=O) groups excluding carboxylic acids is 1. The van der Waals surface area contributed by atoms with E-state index in [0.717, 1.165) is 0 Å². The second kappa shape index (κ2) is 5.90. The second-order valence-corrected chi connectivity index (χ2v) is 5.28. The Labute approximate surface area is 121 Å². The Balaban J connectivity index is 3.21. The Hall–Kier alpha value is -1.10. The van der Waals surface area contributed by atoms with Gasteiger partial charge in [-0.25, -0.2) is 0 Å². The second-order valence-electron chi connectivity index (χ2n) is 4.47. The molecule has 1 aromatic rings. The highest BCUT2D eigenvalue weighted by atomic mass is 35.5. The monoisotopic (exact) mass is 303 g/mol. The van der Waals surface area contributed by atoms with Crippen LogP contribution in [0.2, 0.25) is 10.0 Å². The molecule has 0 fully saturated rings. The van der Waals surface area contributed by atoms with Crippen LogP contribution in [0.1, 0.15) is 24.2 Å². The molecule has 0 radical (unpaired) electrons. The van der Waals surface area contributed by atoms with Crippen LogP contribution in [0.4, 0.5) is 0 Å². The zero-order valence-electron chi connectivity index (χ0n) is 10.8. The normalized spacial score (nSPS) is 15.6. The molecule has 1 aromatic carbocycles. The third-order valence-corrected chi connectivity index (χ3v) is 4.15. The summed E-state index contributed by atoms with van der Waals surface area (Å²) in [6.07, 6.45) is 0. The summed E-state index contributed by atoms with van der Waals surface area (Å²) in [5.74, 6) is -2.28. The predicted octanol–water partition coefficient (Wildman–Crippen LogP) is 2.87. The first kappa shape index (κ1) is 16.0. The van der Waals surface area contributed by atoms with Crippen molar-refractivity contribution in [1.82, 2.24) is 5.32 Å². The van der Waals surface area contributed by atoms with E-state index in [0.29, 0.717) is 10.6 Å². The summed E-state index contributed by atoms with van der Waals surface area (Å²) in [7, 11) is 1.55. The van der Waals surface area contributed by atoms with E-state index in [2.05, 4.69) is 5.32 Å². The Morgan fingerprint density at radius 3 is 2.32 bits per heavy atom. The minimum atomic E-state index is -1.22. The van der Waals surface area contributed by atoms with Crippen molar-refractivity contribution >= 4 is 35.0 Å². The van der Waals surface area contributed by atoms with E-state index in [4.69, 9.17) is 28.3 Å². The number of halogens is 2. The van der Waals surface area contributed by atoms with Crippen LogP contribution in [0.25, 0.3) is 0 Å². The quantitative estimate of drug-likeness (QED) is 0.821. The molecule has 0 aliphatic carbocycles. The average Bonchev–Trinajstić information content (AvgIpc) is 2.39. The number of hydrogen-bond donors (Lipinski definition) is 2. The first-order valence-corrected chi connectivity index (χ1v) is 6.41. The van der Waals surface area contributed by atoms with Crippen LogP contribution < -0.4 is 5.32 Å². The standard InChI is InChI=1S/C13H15Cl2NO3/c1-7(12(18)19)13(2,16-3)11(17)8-4-5-9(14)10(15)6-8/h4-7,16H,1-3H3,(H,18,19). The fraction of sp³-hybridized carbons (Fsp3) is 0.385. The zero-order chi connectivity index (χ0) is 14.8. The van der Waals surface area contributed by atoms with Gasteiger partial charge in [0.1, 0.15) is 0 Å². The fourth-order valence-electron chi connectivity index (χ4n) is 1.71. The van der Waals surface area contributed by atoms with Gasteiger partial charge in [-0.2, -0.15) is 0 Å². The van der Waals surface area contributed by atoms with Crippen LogP contribution in [0.15, 0.2) is 18.2 Å². The highest BCUT2D eigenvalue weighted by Gasteiger charge is 2.41. The highest BCUT2D eigenvalue weighted by molar-refractivity contribution is 6.42. The molecule has 0 spiro atoms. The Morgan fingerprint density at radius 1 is 1.32 bits per heavy atom. The number of aliphatic carboxylic acids is 1. The topological polar surface area (TPSA) is 66.4 Å². The van der Waals surface area contributed by atoms with Gasteiger partial charge in [-0.05, 0) is 39.1 Å². The molecular weight excluding hydrogens is 289 g/mol. The number of carbonyl (C=O) groups is 2. The van der Waals surface area contributed by atoms with Crippen LogP contribution in [0.5, 0.6) is 0 Å². The van der Waals surface area contributed by atoms with Crippen molar-refractivity contribution < 1.29 is 14.7 Å². The molecule has 2 atom stereocenters. The molecule has 2 N–H and O–H groups in total. The molecule has 104 valence electrons. The van der Waals surface area contributed by atoms with Gasteiger partial charge >= 0.3 is 5.97 Å². The van der Waals surface area contributed by atoms with Crippen LogP contribution in [0, 0.1) is 5.92 Å². The third kappa shape index (κ3) is 3.08. The maximum atomic E-state index is 12.5. The Kier molecular flexibility index (Phi) is 4.96. The summed E-state index contributed by atoms with van der Waals surface area (Å²) in [6, 6.07) is 4.48. The number of Topliss-reactive ketones (excluding diaryl/α,β-unsaturated/α-hetero) is 1. The molecular formula is C13H15Cl2NO3. The minimum absolute atomic E-state index is 0.258. The van der Waals surface area contributed by atoms with Crippen molar-refractivity contribution in [3.8, 4) is 0 Å². The largest absolute Gasteiger partial charge is 0.481 e. The van der Waals surface area contributed by atoms with Gasteiger partial charge in [-0.1, -0.05) is 23.2 Å². The van der Waals surface area contributed by atoms with Crippen LogP contribution >= 0.6 is 23.2 Å². The highest BCUT2D eigenvalue weighted by Crippen LogP contribution is 2.27. The number of likely N-dealkylation sites (N-methyl/N-ethyl adjacent to an activating group) is 1. The molecule has 0 heterocycles. The first-order chi connectivity index (χ1) is 8.74. The molecule has 0 saturated carbocycles. The molecule has 0 aliphatic rings. The molecule has 19 heavy (non-hydrogen) atoms. The molecule has 0 aliphatic heterocycles. The molecule has 0 amide bonds. The lowest BCUT2D eigenvalue weighted by atomic mass is 9.80. The van der Waals surface area contributed by atoms with Crippen molar-refractivity contribution in [3.63, 3.8) is 0 Å². The summed E-state index contributed by atoms with van der Waals surface area (Å²) in [5.41, 5.74) is -0.900. The third-order valence-electron chi connectivity index (χ3n) is 3.41. The number of ketones is 1. The van der Waals surface area contributed by atoms with Crippen molar-refractivity contribution in [2.45, 2.75) is 19.4 Å². The lowest BCUT2D eigenvalue weighted by Gasteiger charge is -2.31. The van der Waals surface area contributed by atoms with Crippen LogP contribution in [-0.2, 0) is 4.79 Å². The van der Waals surface area contributed by atoms with Gasteiger partial charge in [0.2, 0.25) is 0 Å².